The number of hydrogen-bond acceptors (Lipinski definition) is 3. The molecule has 22 heavy (non-hydrogen) atoms. The third-order valence-electron chi connectivity index (χ3n) is 3.45. The minimum atomic E-state index is -0.147. The predicted octanol–water partition coefficient (Wildman–Crippen LogP) is 4.04. The largest absolute Gasteiger partial charge is 0.381 e. The number of nitrogens with one attached hydrogen (secondary N) is 2. The zero-order chi connectivity index (χ0) is 16.2. The van der Waals surface area contributed by atoms with Crippen molar-refractivity contribution in [2.45, 2.75) is 43.8 Å². The van der Waals surface area contributed by atoms with Gasteiger partial charge in [-0.3, -0.25) is 0 Å². The second-order valence-corrected chi connectivity index (χ2v) is 8.66. The molecule has 1 saturated heterocycles. The molecule has 4 nitrogen and oxygen atoms in total. The van der Waals surface area contributed by atoms with E-state index in [0.29, 0.717) is 12.5 Å². The van der Waals surface area contributed by atoms with Crippen molar-refractivity contribution >= 4 is 23.5 Å². The first kappa shape index (κ1) is 17.2. The number of rotatable bonds is 4. The molecule has 0 radical (unpaired) electrons. The van der Waals surface area contributed by atoms with E-state index in [1.807, 2.05) is 24.8 Å². The van der Waals surface area contributed by atoms with E-state index in [1.165, 1.54) is 4.90 Å². The summed E-state index contributed by atoms with van der Waals surface area (Å²) >= 11 is 1.83. The van der Waals surface area contributed by atoms with E-state index >= 15 is 0 Å². The van der Waals surface area contributed by atoms with Crippen LogP contribution in [-0.4, -0.2) is 30.5 Å². The van der Waals surface area contributed by atoms with Crippen molar-refractivity contribution < 1.29 is 9.53 Å². The monoisotopic (exact) mass is 322 g/mol. The number of amides is 2. The van der Waals surface area contributed by atoms with Gasteiger partial charge in [-0.25, -0.2) is 4.79 Å². The molecule has 122 valence electrons. The molecule has 1 heterocycles. The molecule has 5 heteroatoms. The van der Waals surface area contributed by atoms with Gasteiger partial charge in [-0.2, -0.15) is 0 Å². The molecule has 2 amide bonds. The number of urea groups is 1. The van der Waals surface area contributed by atoms with Crippen LogP contribution in [0.2, 0.25) is 0 Å². The lowest BCUT2D eigenvalue weighted by molar-refractivity contribution is 0.185. The summed E-state index contributed by atoms with van der Waals surface area (Å²) in [4.78, 5) is 13.2. The first-order valence-electron chi connectivity index (χ1n) is 7.76. The van der Waals surface area contributed by atoms with Gasteiger partial charge in [-0.1, -0.05) is 20.8 Å². The molecule has 1 fully saturated rings. The van der Waals surface area contributed by atoms with Gasteiger partial charge in [0.25, 0.3) is 0 Å². The Hall–Kier alpha value is -1.20. The van der Waals surface area contributed by atoms with Gasteiger partial charge >= 0.3 is 6.03 Å². The number of ether oxygens (including phenoxy) is 1. The molecule has 1 aliphatic heterocycles. The highest BCUT2D eigenvalue weighted by Crippen LogP contribution is 2.33. The van der Waals surface area contributed by atoms with Crippen molar-refractivity contribution in [3.8, 4) is 0 Å². The highest BCUT2D eigenvalue weighted by atomic mass is 32.2. The molecule has 0 saturated carbocycles. The molecule has 0 aliphatic carbocycles. The van der Waals surface area contributed by atoms with Crippen molar-refractivity contribution in [2.75, 3.05) is 25.1 Å². The molecule has 1 aromatic rings. The average molecular weight is 322 g/mol. The zero-order valence-electron chi connectivity index (χ0n) is 13.9. The molecule has 0 unspecified atom stereocenters. The number of carbonyl (C=O) groups is 1. The van der Waals surface area contributed by atoms with Crippen LogP contribution in [0, 0.1) is 12.8 Å². The maximum atomic E-state index is 12.0. The molecule has 1 aliphatic rings. The summed E-state index contributed by atoms with van der Waals surface area (Å²) in [5.41, 5.74) is 1.94. The van der Waals surface area contributed by atoms with E-state index in [1.54, 1.807) is 0 Å². The van der Waals surface area contributed by atoms with E-state index in [2.05, 4.69) is 43.5 Å². The third kappa shape index (κ3) is 5.54. The Kier molecular flexibility index (Phi) is 5.75. The molecule has 0 spiro atoms. The van der Waals surface area contributed by atoms with Gasteiger partial charge in [-0.05, 0) is 37.1 Å². The number of anilines is 1. The van der Waals surface area contributed by atoms with Crippen molar-refractivity contribution in [3.05, 3.63) is 23.8 Å². The summed E-state index contributed by atoms with van der Waals surface area (Å²) in [5, 5.41) is 5.84. The number of benzene rings is 1. The maximum Gasteiger partial charge on any atom is 0.319 e. The van der Waals surface area contributed by atoms with Crippen LogP contribution < -0.4 is 10.6 Å². The fourth-order valence-corrected chi connectivity index (χ4v) is 3.42. The first-order chi connectivity index (χ1) is 10.3. The molecular formula is C17H26N2O2S. The van der Waals surface area contributed by atoms with Crippen molar-refractivity contribution in [1.29, 1.82) is 0 Å². The number of thioether (sulfide) groups is 1. The molecule has 0 bridgehead atoms. The van der Waals surface area contributed by atoms with Crippen molar-refractivity contribution in [3.63, 3.8) is 0 Å². The third-order valence-corrected chi connectivity index (χ3v) is 4.55. The van der Waals surface area contributed by atoms with Crippen LogP contribution in [0.4, 0.5) is 10.5 Å². The Balaban J connectivity index is 1.87. The number of hydrogen-bond donors (Lipinski definition) is 2. The fraction of sp³-hybridized carbons (Fsp3) is 0.588. The second-order valence-electron chi connectivity index (χ2n) is 6.76. The molecule has 1 atom stereocenters. The molecule has 2 N–H and O–H groups in total. The molecule has 2 rings (SSSR count). The number of aryl methyl sites for hydroxylation is 1. The van der Waals surface area contributed by atoms with E-state index < -0.39 is 0 Å². The lowest BCUT2D eigenvalue weighted by atomic mass is 10.1. The van der Waals surface area contributed by atoms with Gasteiger partial charge in [-0.15, -0.1) is 11.8 Å². The van der Waals surface area contributed by atoms with Crippen LogP contribution in [-0.2, 0) is 4.74 Å². The highest BCUT2D eigenvalue weighted by Gasteiger charge is 2.17. The van der Waals surface area contributed by atoms with Gasteiger partial charge in [0.1, 0.15) is 0 Å². The van der Waals surface area contributed by atoms with Crippen LogP contribution in [0.25, 0.3) is 0 Å². The maximum absolute atomic E-state index is 12.0. The van der Waals surface area contributed by atoms with Crippen LogP contribution in [0.5, 0.6) is 0 Å². The Morgan fingerprint density at radius 3 is 2.77 bits per heavy atom. The predicted molar refractivity (Wildman–Crippen MR) is 92.7 cm³/mol. The Morgan fingerprint density at radius 1 is 1.41 bits per heavy atom. The molecule has 0 aromatic heterocycles. The summed E-state index contributed by atoms with van der Waals surface area (Å²) in [7, 11) is 0. The topological polar surface area (TPSA) is 50.4 Å². The van der Waals surface area contributed by atoms with E-state index in [-0.39, 0.29) is 10.8 Å². The van der Waals surface area contributed by atoms with Crippen LogP contribution in [0.1, 0.15) is 32.8 Å². The Morgan fingerprint density at radius 2 is 2.18 bits per heavy atom. The Labute approximate surface area is 137 Å². The van der Waals surface area contributed by atoms with Gasteiger partial charge in [0.2, 0.25) is 0 Å². The molecule has 1 aromatic carbocycles. The molecular weight excluding hydrogens is 296 g/mol. The van der Waals surface area contributed by atoms with Gasteiger partial charge in [0.05, 0.1) is 6.61 Å². The van der Waals surface area contributed by atoms with E-state index in [9.17, 15) is 4.79 Å². The first-order valence-corrected chi connectivity index (χ1v) is 8.57. The number of carbonyl (C=O) groups excluding carboxylic acids is 1. The second kappa shape index (κ2) is 7.38. The summed E-state index contributed by atoms with van der Waals surface area (Å²) in [6.45, 7) is 10.8. The SMILES string of the molecule is Cc1cc(SC(C)(C)C)ccc1NC(=O)NC[C@@H]1CCOC1. The standard InChI is InChI=1S/C17H26N2O2S/c1-12-9-14(22-17(2,3)4)5-6-15(12)19-16(20)18-10-13-7-8-21-11-13/h5-6,9,13H,7-8,10-11H2,1-4H3,(H2,18,19,20)/t13-/m0/s1. The van der Waals surface area contributed by atoms with Crippen molar-refractivity contribution in [1.82, 2.24) is 5.32 Å². The minimum absolute atomic E-state index is 0.147. The summed E-state index contributed by atoms with van der Waals surface area (Å²) in [5.74, 6) is 0.442. The van der Waals surface area contributed by atoms with E-state index in [0.717, 1.165) is 30.9 Å². The smallest absolute Gasteiger partial charge is 0.319 e. The Bertz CT molecular complexity index is 520. The lowest BCUT2D eigenvalue weighted by Crippen LogP contribution is -2.33. The lowest BCUT2D eigenvalue weighted by Gasteiger charge is -2.18. The summed E-state index contributed by atoms with van der Waals surface area (Å²) in [6.07, 6.45) is 1.03. The van der Waals surface area contributed by atoms with Crippen LogP contribution >= 0.6 is 11.8 Å². The van der Waals surface area contributed by atoms with Crippen molar-refractivity contribution in [2.24, 2.45) is 5.92 Å². The summed E-state index contributed by atoms with van der Waals surface area (Å²) < 4.78 is 5.49. The highest BCUT2D eigenvalue weighted by molar-refractivity contribution is 8.00. The quantitative estimate of drug-likeness (QED) is 0.822. The van der Waals surface area contributed by atoms with Crippen LogP contribution in [0.3, 0.4) is 0 Å². The van der Waals surface area contributed by atoms with Crippen LogP contribution in [0.15, 0.2) is 23.1 Å². The van der Waals surface area contributed by atoms with Gasteiger partial charge in [0.15, 0.2) is 0 Å². The van der Waals surface area contributed by atoms with Gasteiger partial charge in [0, 0.05) is 34.4 Å². The summed E-state index contributed by atoms with van der Waals surface area (Å²) in [6, 6.07) is 6.01. The van der Waals surface area contributed by atoms with Gasteiger partial charge < -0.3 is 15.4 Å². The normalized spacial score (nSPS) is 18.3. The van der Waals surface area contributed by atoms with E-state index in [4.69, 9.17) is 4.74 Å². The minimum Gasteiger partial charge on any atom is -0.381 e. The zero-order valence-corrected chi connectivity index (χ0v) is 14.7. The fourth-order valence-electron chi connectivity index (χ4n) is 2.34. The average Bonchev–Trinajstić information content (AvgIpc) is 2.91.